The second-order valence-electron chi connectivity index (χ2n) is 6.09. The molecule has 1 aliphatic heterocycles. The number of hydrogen-bond donors (Lipinski definition) is 2. The third kappa shape index (κ3) is 2.73. The smallest absolute Gasteiger partial charge is 0.263 e. The molecule has 27 heavy (non-hydrogen) atoms. The van der Waals surface area contributed by atoms with Crippen LogP contribution in [0.3, 0.4) is 0 Å². The summed E-state index contributed by atoms with van der Waals surface area (Å²) in [6, 6.07) is 15.7. The molecule has 1 aromatic heterocycles. The van der Waals surface area contributed by atoms with E-state index in [1.54, 1.807) is 24.3 Å². The molecule has 2 aromatic carbocycles. The van der Waals surface area contributed by atoms with Crippen molar-refractivity contribution in [1.29, 1.82) is 0 Å². The lowest BCUT2D eigenvalue weighted by molar-refractivity contribution is -0.122. The van der Waals surface area contributed by atoms with Crippen LogP contribution in [0, 0.1) is 11.8 Å². The van der Waals surface area contributed by atoms with Crippen LogP contribution in [0.25, 0.3) is 11.1 Å². The minimum absolute atomic E-state index is 0.0234. The number of carbonyl (C=O) groups excluding carboxylic acids is 1. The Morgan fingerprint density at radius 3 is 2.41 bits per heavy atom. The van der Waals surface area contributed by atoms with Gasteiger partial charge in [-0.1, -0.05) is 36.4 Å². The monoisotopic (exact) mass is 364 g/mol. The highest BCUT2D eigenvalue weighted by molar-refractivity contribution is 6.09. The minimum atomic E-state index is -1.45. The number of rotatable bonds is 3. The molecule has 1 aliphatic rings. The number of amides is 1. The quantitative estimate of drug-likeness (QED) is 0.701. The molecule has 4 rings (SSSR count). The number of nitrogens with two attached hydrogens (primary N) is 1. The predicted octanol–water partition coefficient (Wildman–Crippen LogP) is 2.71. The van der Waals surface area contributed by atoms with Gasteiger partial charge in [-0.05, 0) is 34.9 Å². The van der Waals surface area contributed by atoms with Crippen molar-refractivity contribution in [3.63, 3.8) is 0 Å². The number of aromatic nitrogens is 1. The SMILES string of the molecule is NC1=NC(c2ccccc2)(c2ccc(F)c(-c3ccnc(F)c3)c2)C(=O)N1. The van der Waals surface area contributed by atoms with Gasteiger partial charge in [0.05, 0.1) is 0 Å². The molecule has 2 heterocycles. The van der Waals surface area contributed by atoms with E-state index >= 15 is 0 Å². The average Bonchev–Trinajstić information content (AvgIpc) is 2.98. The highest BCUT2D eigenvalue weighted by Crippen LogP contribution is 2.38. The Bertz CT molecular complexity index is 1070. The van der Waals surface area contributed by atoms with Gasteiger partial charge in [0.15, 0.2) is 11.5 Å². The summed E-state index contributed by atoms with van der Waals surface area (Å²) in [4.78, 5) is 20.7. The van der Waals surface area contributed by atoms with E-state index in [-0.39, 0.29) is 11.5 Å². The lowest BCUT2D eigenvalue weighted by atomic mass is 9.82. The zero-order valence-corrected chi connectivity index (χ0v) is 14.0. The fourth-order valence-corrected chi connectivity index (χ4v) is 3.25. The fourth-order valence-electron chi connectivity index (χ4n) is 3.25. The molecular formula is C20H14F2N4O. The van der Waals surface area contributed by atoms with E-state index in [0.29, 0.717) is 16.7 Å². The molecule has 5 nitrogen and oxygen atoms in total. The van der Waals surface area contributed by atoms with Crippen molar-refractivity contribution in [3.8, 4) is 11.1 Å². The van der Waals surface area contributed by atoms with E-state index in [0.717, 1.165) is 6.07 Å². The highest BCUT2D eigenvalue weighted by atomic mass is 19.1. The Labute approximate surface area is 153 Å². The van der Waals surface area contributed by atoms with Crippen molar-refractivity contribution < 1.29 is 13.6 Å². The van der Waals surface area contributed by atoms with Crippen molar-refractivity contribution >= 4 is 11.9 Å². The Hall–Kier alpha value is -3.61. The van der Waals surface area contributed by atoms with Gasteiger partial charge in [-0.15, -0.1) is 0 Å². The van der Waals surface area contributed by atoms with Crippen LogP contribution in [-0.2, 0) is 10.3 Å². The maximum absolute atomic E-state index is 14.5. The first kappa shape index (κ1) is 16.8. The van der Waals surface area contributed by atoms with Crippen molar-refractivity contribution in [2.45, 2.75) is 5.54 Å². The Morgan fingerprint density at radius 1 is 0.963 bits per heavy atom. The molecule has 3 aromatic rings. The summed E-state index contributed by atoms with van der Waals surface area (Å²) in [5.41, 5.74) is 5.76. The van der Waals surface area contributed by atoms with E-state index < -0.39 is 23.2 Å². The molecule has 3 N–H and O–H groups in total. The first-order valence-electron chi connectivity index (χ1n) is 8.15. The molecule has 0 bridgehead atoms. The number of pyridine rings is 1. The second kappa shape index (κ2) is 6.28. The van der Waals surface area contributed by atoms with Crippen LogP contribution < -0.4 is 11.1 Å². The van der Waals surface area contributed by atoms with Crippen LogP contribution >= 0.6 is 0 Å². The summed E-state index contributed by atoms with van der Waals surface area (Å²) in [6.45, 7) is 0. The second-order valence-corrected chi connectivity index (χ2v) is 6.09. The molecule has 0 saturated heterocycles. The average molecular weight is 364 g/mol. The van der Waals surface area contributed by atoms with E-state index in [4.69, 9.17) is 5.73 Å². The summed E-state index contributed by atoms with van der Waals surface area (Å²) in [5.74, 6) is -1.74. The van der Waals surface area contributed by atoms with Gasteiger partial charge in [-0.3, -0.25) is 10.1 Å². The topological polar surface area (TPSA) is 80.4 Å². The number of aliphatic imine (C=N–C) groups is 1. The van der Waals surface area contributed by atoms with Crippen LogP contribution in [0.5, 0.6) is 0 Å². The van der Waals surface area contributed by atoms with Crippen molar-refractivity contribution in [2.75, 3.05) is 0 Å². The molecule has 0 aliphatic carbocycles. The van der Waals surface area contributed by atoms with Crippen LogP contribution in [0.4, 0.5) is 8.78 Å². The van der Waals surface area contributed by atoms with Gasteiger partial charge < -0.3 is 5.73 Å². The van der Waals surface area contributed by atoms with Gasteiger partial charge in [-0.25, -0.2) is 14.4 Å². The molecule has 1 atom stereocenters. The van der Waals surface area contributed by atoms with Crippen LogP contribution in [0.2, 0.25) is 0 Å². The number of carbonyl (C=O) groups is 1. The third-order valence-electron chi connectivity index (χ3n) is 4.47. The van der Waals surface area contributed by atoms with Gasteiger partial charge in [0.25, 0.3) is 5.91 Å². The van der Waals surface area contributed by atoms with E-state index in [1.165, 1.54) is 30.5 Å². The van der Waals surface area contributed by atoms with Crippen LogP contribution in [0.1, 0.15) is 11.1 Å². The number of guanidine groups is 1. The maximum Gasteiger partial charge on any atom is 0.263 e. The molecule has 134 valence electrons. The first-order valence-corrected chi connectivity index (χ1v) is 8.15. The number of halogens is 2. The van der Waals surface area contributed by atoms with E-state index in [9.17, 15) is 13.6 Å². The molecule has 0 saturated carbocycles. The highest BCUT2D eigenvalue weighted by Gasteiger charge is 2.46. The molecular weight excluding hydrogens is 350 g/mol. The normalized spacial score (nSPS) is 18.9. The van der Waals surface area contributed by atoms with Gasteiger partial charge in [0.1, 0.15) is 5.82 Å². The van der Waals surface area contributed by atoms with E-state index in [1.807, 2.05) is 6.07 Å². The zero-order chi connectivity index (χ0) is 19.0. The molecule has 0 fully saturated rings. The first-order chi connectivity index (χ1) is 13.0. The van der Waals surface area contributed by atoms with E-state index in [2.05, 4.69) is 15.3 Å². The predicted molar refractivity (Wildman–Crippen MR) is 96.6 cm³/mol. The van der Waals surface area contributed by atoms with Crippen molar-refractivity contribution in [2.24, 2.45) is 10.7 Å². The largest absolute Gasteiger partial charge is 0.370 e. The van der Waals surface area contributed by atoms with Crippen LogP contribution in [-0.4, -0.2) is 16.9 Å². The molecule has 7 heteroatoms. The standard InChI is InChI=1S/C20H14F2N4O/c21-16-7-6-14(11-15(16)12-8-9-24-17(22)10-12)20(13-4-2-1-3-5-13)18(27)25-19(23)26-20/h1-11H,(H3,23,25,26,27). The summed E-state index contributed by atoms with van der Waals surface area (Å²) in [7, 11) is 0. The molecule has 1 amide bonds. The zero-order valence-electron chi connectivity index (χ0n) is 14.0. The Balaban J connectivity index is 1.95. The lowest BCUT2D eigenvalue weighted by Gasteiger charge is -2.25. The number of nitrogens with zero attached hydrogens (tertiary/aromatic N) is 2. The maximum atomic E-state index is 14.5. The summed E-state index contributed by atoms with van der Waals surface area (Å²) < 4.78 is 28.0. The number of nitrogens with one attached hydrogen (secondary N) is 1. The summed E-state index contributed by atoms with van der Waals surface area (Å²) in [5, 5.41) is 2.51. The molecule has 1 unspecified atom stereocenters. The van der Waals surface area contributed by atoms with Crippen LogP contribution in [0.15, 0.2) is 71.9 Å². The summed E-state index contributed by atoms with van der Waals surface area (Å²) >= 11 is 0. The molecule has 0 spiro atoms. The number of benzene rings is 2. The molecule has 0 radical (unpaired) electrons. The Kier molecular flexibility index (Phi) is 3.92. The minimum Gasteiger partial charge on any atom is -0.370 e. The lowest BCUT2D eigenvalue weighted by Crippen LogP contribution is -2.39. The van der Waals surface area contributed by atoms with Gasteiger partial charge in [-0.2, -0.15) is 4.39 Å². The number of hydrogen-bond acceptors (Lipinski definition) is 4. The third-order valence-corrected chi connectivity index (χ3v) is 4.47. The Morgan fingerprint density at radius 2 is 1.74 bits per heavy atom. The fraction of sp³-hybridized carbons (Fsp3) is 0.0500. The van der Waals surface area contributed by atoms with Gasteiger partial charge in [0, 0.05) is 17.8 Å². The van der Waals surface area contributed by atoms with Gasteiger partial charge >= 0.3 is 0 Å². The van der Waals surface area contributed by atoms with Crippen molar-refractivity contribution in [3.05, 3.63) is 89.8 Å². The van der Waals surface area contributed by atoms with Gasteiger partial charge in [0.2, 0.25) is 5.95 Å². The van der Waals surface area contributed by atoms with Crippen molar-refractivity contribution in [1.82, 2.24) is 10.3 Å². The summed E-state index contributed by atoms with van der Waals surface area (Å²) in [6.07, 6.45) is 1.25.